The Balaban J connectivity index is 2.55. The lowest BCUT2D eigenvalue weighted by Gasteiger charge is -2.22. The minimum Gasteiger partial charge on any atom is -0.508 e. The van der Waals surface area contributed by atoms with Gasteiger partial charge in [-0.3, -0.25) is 0 Å². The zero-order valence-corrected chi connectivity index (χ0v) is 14.7. The number of nitrogens with two attached hydrogens (primary N) is 1. The van der Waals surface area contributed by atoms with Gasteiger partial charge in [-0.15, -0.1) is 0 Å². The summed E-state index contributed by atoms with van der Waals surface area (Å²) in [7, 11) is 4.00. The molecule has 3 N–H and O–H groups in total. The van der Waals surface area contributed by atoms with Gasteiger partial charge in [0.05, 0.1) is 5.52 Å². The van der Waals surface area contributed by atoms with Gasteiger partial charge in [0.25, 0.3) is 0 Å². The summed E-state index contributed by atoms with van der Waals surface area (Å²) < 4.78 is 0. The van der Waals surface area contributed by atoms with Gasteiger partial charge in [-0.05, 0) is 55.2 Å². The number of anilines is 2. The molecule has 0 atom stereocenters. The van der Waals surface area contributed by atoms with Crippen LogP contribution in [-0.4, -0.2) is 29.2 Å². The van der Waals surface area contributed by atoms with Crippen LogP contribution in [-0.2, 0) is 0 Å². The van der Waals surface area contributed by atoms with E-state index in [1.807, 2.05) is 40.1 Å². The summed E-state index contributed by atoms with van der Waals surface area (Å²) in [6, 6.07) is 5.68. The molecule has 1 heterocycles. The van der Waals surface area contributed by atoms with Crippen molar-refractivity contribution in [2.45, 2.75) is 20.8 Å². The first-order valence-electron chi connectivity index (χ1n) is 7.83. The van der Waals surface area contributed by atoms with Crippen molar-refractivity contribution in [1.29, 1.82) is 0 Å². The molecule has 24 heavy (non-hydrogen) atoms. The SMILES string of the molecule is Cc1ccc(O)c(C)c1-c1c(C)c(N(C)C)cc2c(N)ncnc12. The van der Waals surface area contributed by atoms with E-state index in [-0.39, 0.29) is 5.75 Å². The Morgan fingerprint density at radius 1 is 1.00 bits per heavy atom. The van der Waals surface area contributed by atoms with E-state index < -0.39 is 0 Å². The van der Waals surface area contributed by atoms with E-state index in [0.717, 1.165) is 44.4 Å². The third-order valence-corrected chi connectivity index (χ3v) is 4.57. The first-order chi connectivity index (χ1) is 11.3. The van der Waals surface area contributed by atoms with E-state index in [9.17, 15) is 5.11 Å². The molecule has 0 fully saturated rings. The largest absolute Gasteiger partial charge is 0.508 e. The average molecular weight is 322 g/mol. The van der Waals surface area contributed by atoms with Crippen LogP contribution >= 0.6 is 0 Å². The van der Waals surface area contributed by atoms with Crippen LogP contribution in [0.25, 0.3) is 22.0 Å². The molecule has 3 aromatic rings. The Kier molecular flexibility index (Phi) is 3.79. The lowest BCUT2D eigenvalue weighted by atomic mass is 9.89. The second-order valence-electron chi connectivity index (χ2n) is 6.35. The minimum atomic E-state index is 0.278. The van der Waals surface area contributed by atoms with Crippen molar-refractivity contribution < 1.29 is 5.11 Å². The van der Waals surface area contributed by atoms with Crippen LogP contribution in [0, 0.1) is 20.8 Å². The van der Waals surface area contributed by atoms with Crippen LogP contribution in [0.1, 0.15) is 16.7 Å². The molecule has 0 aliphatic rings. The first kappa shape index (κ1) is 16.1. The maximum absolute atomic E-state index is 10.2. The highest BCUT2D eigenvalue weighted by Crippen LogP contribution is 2.42. The Morgan fingerprint density at radius 3 is 2.38 bits per heavy atom. The molecule has 5 nitrogen and oxygen atoms in total. The maximum atomic E-state index is 10.2. The van der Waals surface area contributed by atoms with Crippen LogP contribution in [0.15, 0.2) is 24.5 Å². The molecule has 1 aromatic heterocycles. The number of aryl methyl sites for hydroxylation is 1. The fourth-order valence-corrected chi connectivity index (χ4v) is 3.29. The van der Waals surface area contributed by atoms with E-state index in [2.05, 4.69) is 21.8 Å². The summed E-state index contributed by atoms with van der Waals surface area (Å²) in [6.45, 7) is 6.04. The number of phenolic OH excluding ortho intramolecular Hbond substituents is 1. The molecular formula is C19H22N4O. The Hall–Kier alpha value is -2.82. The van der Waals surface area contributed by atoms with Crippen molar-refractivity contribution in [2.75, 3.05) is 24.7 Å². The second-order valence-corrected chi connectivity index (χ2v) is 6.35. The molecule has 0 amide bonds. The van der Waals surface area contributed by atoms with Gasteiger partial charge in [-0.1, -0.05) is 6.07 Å². The van der Waals surface area contributed by atoms with Crippen molar-refractivity contribution in [1.82, 2.24) is 9.97 Å². The third kappa shape index (κ3) is 2.33. The zero-order chi connectivity index (χ0) is 17.6. The number of hydrogen-bond donors (Lipinski definition) is 2. The lowest BCUT2D eigenvalue weighted by molar-refractivity contribution is 0.471. The Bertz CT molecular complexity index is 948. The molecule has 3 rings (SSSR count). The summed E-state index contributed by atoms with van der Waals surface area (Å²) in [6.07, 6.45) is 1.49. The highest BCUT2D eigenvalue weighted by Gasteiger charge is 2.20. The molecule has 0 bridgehead atoms. The number of aromatic nitrogens is 2. The van der Waals surface area contributed by atoms with Crippen molar-refractivity contribution >= 4 is 22.4 Å². The van der Waals surface area contributed by atoms with Crippen molar-refractivity contribution in [3.05, 3.63) is 41.2 Å². The molecule has 2 aromatic carbocycles. The fraction of sp³-hybridized carbons (Fsp3) is 0.263. The number of fused-ring (bicyclic) bond motifs is 1. The van der Waals surface area contributed by atoms with Gasteiger partial charge in [-0.2, -0.15) is 0 Å². The third-order valence-electron chi connectivity index (χ3n) is 4.57. The summed E-state index contributed by atoms with van der Waals surface area (Å²) in [5, 5.41) is 11.0. The first-order valence-corrected chi connectivity index (χ1v) is 7.83. The van der Waals surface area contributed by atoms with Gasteiger partial charge in [-0.25, -0.2) is 9.97 Å². The van der Waals surface area contributed by atoms with E-state index in [1.165, 1.54) is 6.33 Å². The van der Waals surface area contributed by atoms with Crippen molar-refractivity contribution in [3.8, 4) is 16.9 Å². The minimum absolute atomic E-state index is 0.278. The number of hydrogen-bond acceptors (Lipinski definition) is 5. The normalized spacial score (nSPS) is 11.0. The topological polar surface area (TPSA) is 75.3 Å². The summed E-state index contributed by atoms with van der Waals surface area (Å²) in [5.74, 6) is 0.736. The number of aromatic hydroxyl groups is 1. The molecule has 0 saturated carbocycles. The van der Waals surface area contributed by atoms with Gasteiger partial charge in [0.15, 0.2) is 0 Å². The van der Waals surface area contributed by atoms with Gasteiger partial charge in [0.1, 0.15) is 17.9 Å². The standard InChI is InChI=1S/C19H22N4O/c1-10-6-7-15(24)12(3)16(10)17-11(2)14(23(4)5)8-13-18(17)21-9-22-19(13)20/h6-9,24H,1-5H3,(H2,20,21,22). The van der Waals surface area contributed by atoms with Crippen LogP contribution in [0.2, 0.25) is 0 Å². The van der Waals surface area contributed by atoms with Crippen LogP contribution in [0.5, 0.6) is 5.75 Å². The van der Waals surface area contributed by atoms with E-state index >= 15 is 0 Å². The highest BCUT2D eigenvalue weighted by molar-refractivity contribution is 6.04. The van der Waals surface area contributed by atoms with Crippen LogP contribution in [0.3, 0.4) is 0 Å². The molecule has 0 saturated heterocycles. The molecule has 5 heteroatoms. The van der Waals surface area contributed by atoms with E-state index in [1.54, 1.807) is 6.07 Å². The van der Waals surface area contributed by atoms with Gasteiger partial charge >= 0.3 is 0 Å². The second kappa shape index (κ2) is 5.67. The number of nitrogens with zero attached hydrogens (tertiary/aromatic N) is 3. The summed E-state index contributed by atoms with van der Waals surface area (Å²) in [4.78, 5) is 10.7. The quantitative estimate of drug-likeness (QED) is 0.754. The number of nitrogen functional groups attached to an aromatic ring is 1. The van der Waals surface area contributed by atoms with Gasteiger partial charge in [0.2, 0.25) is 0 Å². The molecule has 124 valence electrons. The van der Waals surface area contributed by atoms with Gasteiger partial charge in [0, 0.05) is 30.7 Å². The predicted molar refractivity (Wildman–Crippen MR) is 99.6 cm³/mol. The number of benzene rings is 2. The van der Waals surface area contributed by atoms with Crippen LogP contribution in [0.4, 0.5) is 11.5 Å². The molecule has 0 aliphatic carbocycles. The Morgan fingerprint density at radius 2 is 1.71 bits per heavy atom. The van der Waals surface area contributed by atoms with Crippen molar-refractivity contribution in [3.63, 3.8) is 0 Å². The monoisotopic (exact) mass is 322 g/mol. The highest BCUT2D eigenvalue weighted by atomic mass is 16.3. The van der Waals surface area contributed by atoms with Crippen molar-refractivity contribution in [2.24, 2.45) is 0 Å². The number of phenols is 1. The lowest BCUT2D eigenvalue weighted by Crippen LogP contribution is -2.12. The maximum Gasteiger partial charge on any atom is 0.134 e. The predicted octanol–water partition coefficient (Wildman–Crippen LogP) is 3.58. The average Bonchev–Trinajstić information content (AvgIpc) is 2.53. The molecule has 0 radical (unpaired) electrons. The summed E-state index contributed by atoms with van der Waals surface area (Å²) in [5.41, 5.74) is 13.0. The molecule has 0 aliphatic heterocycles. The molecule has 0 unspecified atom stereocenters. The van der Waals surface area contributed by atoms with E-state index in [0.29, 0.717) is 5.82 Å². The van der Waals surface area contributed by atoms with Gasteiger partial charge < -0.3 is 15.7 Å². The fourth-order valence-electron chi connectivity index (χ4n) is 3.29. The number of rotatable bonds is 2. The molecule has 0 spiro atoms. The zero-order valence-electron chi connectivity index (χ0n) is 14.7. The van der Waals surface area contributed by atoms with E-state index in [4.69, 9.17) is 5.73 Å². The smallest absolute Gasteiger partial charge is 0.134 e. The van der Waals surface area contributed by atoms with Crippen LogP contribution < -0.4 is 10.6 Å². The Labute approximate surface area is 141 Å². The summed E-state index contributed by atoms with van der Waals surface area (Å²) >= 11 is 0. The molecular weight excluding hydrogens is 300 g/mol.